The van der Waals surface area contributed by atoms with Gasteiger partial charge in [0.25, 0.3) is 0 Å². The highest BCUT2D eigenvalue weighted by atomic mass is 15.3. The molecule has 0 saturated carbocycles. The van der Waals surface area contributed by atoms with Crippen molar-refractivity contribution in [3.8, 4) is 0 Å². The van der Waals surface area contributed by atoms with E-state index in [2.05, 4.69) is 68.2 Å². The average molecular weight is 246 g/mol. The maximum absolute atomic E-state index is 3.76. The number of nitrogens with zero attached hydrogens (tertiary/aromatic N) is 1. The van der Waals surface area contributed by atoms with E-state index in [4.69, 9.17) is 0 Å². The third-order valence-electron chi connectivity index (χ3n) is 4.65. The monoisotopic (exact) mass is 246 g/mol. The summed E-state index contributed by atoms with van der Waals surface area (Å²) in [4.78, 5) is 2.61. The normalized spacial score (nSPS) is 33.6. The zero-order valence-corrected chi connectivity index (χ0v) is 12.2. The van der Waals surface area contributed by atoms with Crippen molar-refractivity contribution in [1.29, 1.82) is 0 Å². The summed E-state index contributed by atoms with van der Waals surface area (Å²) in [5.74, 6) is 0. The molecule has 1 aromatic carbocycles. The van der Waals surface area contributed by atoms with E-state index < -0.39 is 0 Å². The molecule has 0 bridgehead atoms. The lowest BCUT2D eigenvalue weighted by molar-refractivity contribution is 0.0213. The van der Waals surface area contributed by atoms with Crippen molar-refractivity contribution < 1.29 is 0 Å². The Morgan fingerprint density at radius 1 is 1.17 bits per heavy atom. The van der Waals surface area contributed by atoms with Crippen LogP contribution in [0.15, 0.2) is 30.3 Å². The first-order valence-electron chi connectivity index (χ1n) is 7.10. The van der Waals surface area contributed by atoms with Crippen LogP contribution in [0.1, 0.15) is 39.7 Å². The van der Waals surface area contributed by atoms with E-state index in [1.54, 1.807) is 0 Å². The van der Waals surface area contributed by atoms with E-state index in [1.807, 2.05) is 0 Å². The molecule has 0 amide bonds. The number of piperazine rings is 1. The zero-order valence-electron chi connectivity index (χ0n) is 12.2. The second kappa shape index (κ2) is 5.02. The van der Waals surface area contributed by atoms with Gasteiger partial charge >= 0.3 is 0 Å². The van der Waals surface area contributed by atoms with Gasteiger partial charge in [-0.15, -0.1) is 0 Å². The fourth-order valence-corrected chi connectivity index (χ4v) is 2.93. The van der Waals surface area contributed by atoms with Crippen molar-refractivity contribution in [1.82, 2.24) is 10.2 Å². The van der Waals surface area contributed by atoms with Gasteiger partial charge in [-0.25, -0.2) is 0 Å². The number of likely N-dealkylation sites (N-methyl/N-ethyl adjacent to an activating group) is 1. The Morgan fingerprint density at radius 2 is 1.83 bits per heavy atom. The molecule has 1 fully saturated rings. The molecule has 0 spiro atoms. The van der Waals surface area contributed by atoms with Gasteiger partial charge in [-0.05, 0) is 32.4 Å². The molecule has 1 heterocycles. The number of rotatable bonds is 3. The minimum absolute atomic E-state index is 0.116. The van der Waals surface area contributed by atoms with E-state index in [1.165, 1.54) is 12.0 Å². The molecule has 100 valence electrons. The largest absolute Gasteiger partial charge is 0.308 e. The average Bonchev–Trinajstić information content (AvgIpc) is 2.43. The smallest absolute Gasteiger partial charge is 0.0558 e. The molecule has 1 aromatic rings. The molecule has 0 aromatic heterocycles. The summed E-state index contributed by atoms with van der Waals surface area (Å²) in [6.45, 7) is 12.5. The van der Waals surface area contributed by atoms with Crippen molar-refractivity contribution >= 4 is 0 Å². The van der Waals surface area contributed by atoms with Crippen molar-refractivity contribution in [3.05, 3.63) is 35.9 Å². The Balaban J connectivity index is 2.29. The molecule has 2 nitrogen and oxygen atoms in total. The molecule has 2 atom stereocenters. The predicted octanol–water partition coefficient (Wildman–Crippen LogP) is 3.00. The number of hydrogen-bond donors (Lipinski definition) is 1. The van der Waals surface area contributed by atoms with E-state index in [-0.39, 0.29) is 11.1 Å². The van der Waals surface area contributed by atoms with E-state index in [0.29, 0.717) is 0 Å². The molecule has 0 aliphatic carbocycles. The molecule has 2 rings (SSSR count). The van der Waals surface area contributed by atoms with Crippen LogP contribution in [0.5, 0.6) is 0 Å². The molecule has 1 N–H and O–H groups in total. The Hall–Kier alpha value is -0.860. The van der Waals surface area contributed by atoms with Crippen molar-refractivity contribution in [2.24, 2.45) is 0 Å². The van der Waals surface area contributed by atoms with Gasteiger partial charge in [-0.1, -0.05) is 44.2 Å². The topological polar surface area (TPSA) is 15.3 Å². The highest BCUT2D eigenvalue weighted by Crippen LogP contribution is 2.33. The third-order valence-corrected chi connectivity index (χ3v) is 4.65. The highest BCUT2D eigenvalue weighted by molar-refractivity contribution is 5.26. The molecule has 1 saturated heterocycles. The zero-order chi connectivity index (χ0) is 13.2. The first-order valence-corrected chi connectivity index (χ1v) is 7.10. The number of hydrogen-bond acceptors (Lipinski definition) is 2. The van der Waals surface area contributed by atoms with E-state index >= 15 is 0 Å². The molecule has 1 aliphatic rings. The minimum atomic E-state index is 0.116. The van der Waals surface area contributed by atoms with Crippen molar-refractivity contribution in [3.63, 3.8) is 0 Å². The lowest BCUT2D eigenvalue weighted by Gasteiger charge is -2.52. The van der Waals surface area contributed by atoms with Crippen LogP contribution in [0, 0.1) is 0 Å². The van der Waals surface area contributed by atoms with Crippen LogP contribution in [-0.4, -0.2) is 30.1 Å². The van der Waals surface area contributed by atoms with Gasteiger partial charge in [0.1, 0.15) is 0 Å². The van der Waals surface area contributed by atoms with Gasteiger partial charge in [0, 0.05) is 18.6 Å². The lowest BCUT2D eigenvalue weighted by Crippen LogP contribution is -2.66. The van der Waals surface area contributed by atoms with Crippen LogP contribution in [-0.2, 0) is 5.54 Å². The Kier molecular flexibility index (Phi) is 3.79. The van der Waals surface area contributed by atoms with Gasteiger partial charge in [0.05, 0.1) is 5.54 Å². The summed E-state index contributed by atoms with van der Waals surface area (Å²) < 4.78 is 0. The van der Waals surface area contributed by atoms with Crippen LogP contribution in [0.2, 0.25) is 0 Å². The Morgan fingerprint density at radius 3 is 2.39 bits per heavy atom. The van der Waals surface area contributed by atoms with Gasteiger partial charge in [-0.3, -0.25) is 4.90 Å². The molecule has 0 radical (unpaired) electrons. The summed E-state index contributed by atoms with van der Waals surface area (Å²) in [7, 11) is 0. The fraction of sp³-hybridized carbons (Fsp3) is 0.625. The fourth-order valence-electron chi connectivity index (χ4n) is 2.93. The molecule has 2 unspecified atom stereocenters. The quantitative estimate of drug-likeness (QED) is 0.882. The van der Waals surface area contributed by atoms with Gasteiger partial charge in [0.2, 0.25) is 0 Å². The van der Waals surface area contributed by atoms with Crippen molar-refractivity contribution in [2.75, 3.05) is 19.6 Å². The SMILES string of the molecule is CCN1CC(C)(CC)NCC1(C)c1ccccc1. The van der Waals surface area contributed by atoms with Gasteiger partial charge in [0.15, 0.2) is 0 Å². The second-order valence-electron chi connectivity index (χ2n) is 5.92. The summed E-state index contributed by atoms with van der Waals surface area (Å²) in [6.07, 6.45) is 1.17. The van der Waals surface area contributed by atoms with Crippen LogP contribution < -0.4 is 5.32 Å². The molecule has 2 heteroatoms. The summed E-state index contributed by atoms with van der Waals surface area (Å²) in [5, 5.41) is 3.76. The van der Waals surface area contributed by atoms with Crippen LogP contribution in [0.3, 0.4) is 0 Å². The van der Waals surface area contributed by atoms with Gasteiger partial charge in [-0.2, -0.15) is 0 Å². The molecular formula is C16H26N2. The minimum Gasteiger partial charge on any atom is -0.308 e. The molecular weight excluding hydrogens is 220 g/mol. The first-order chi connectivity index (χ1) is 8.54. The third kappa shape index (κ3) is 2.32. The predicted molar refractivity (Wildman–Crippen MR) is 77.7 cm³/mol. The van der Waals surface area contributed by atoms with E-state index in [0.717, 1.165) is 19.6 Å². The van der Waals surface area contributed by atoms with E-state index in [9.17, 15) is 0 Å². The number of benzene rings is 1. The summed E-state index contributed by atoms with van der Waals surface area (Å²) >= 11 is 0. The molecule has 1 aliphatic heterocycles. The van der Waals surface area contributed by atoms with Crippen LogP contribution in [0.25, 0.3) is 0 Å². The van der Waals surface area contributed by atoms with Crippen LogP contribution in [0.4, 0.5) is 0 Å². The second-order valence-corrected chi connectivity index (χ2v) is 5.92. The maximum atomic E-state index is 3.76. The Labute approximate surface area is 111 Å². The summed E-state index contributed by atoms with van der Waals surface area (Å²) in [6, 6.07) is 10.9. The lowest BCUT2D eigenvalue weighted by atomic mass is 9.83. The Bertz CT molecular complexity index is 389. The van der Waals surface area contributed by atoms with Gasteiger partial charge < -0.3 is 5.32 Å². The molecule has 18 heavy (non-hydrogen) atoms. The number of nitrogens with one attached hydrogen (secondary N) is 1. The highest BCUT2D eigenvalue weighted by Gasteiger charge is 2.42. The maximum Gasteiger partial charge on any atom is 0.0558 e. The standard InChI is InChI=1S/C16H26N2/c1-5-15(3)13-18(6-2)16(4,12-17-15)14-10-8-7-9-11-14/h7-11,17H,5-6,12-13H2,1-4H3. The summed E-state index contributed by atoms with van der Waals surface area (Å²) in [5.41, 5.74) is 1.78. The van der Waals surface area contributed by atoms with Crippen molar-refractivity contribution in [2.45, 2.75) is 45.2 Å². The first kappa shape index (κ1) is 13.6. The van der Waals surface area contributed by atoms with Crippen LogP contribution >= 0.6 is 0 Å².